The van der Waals surface area contributed by atoms with Crippen molar-refractivity contribution < 1.29 is 80.2 Å². The third-order valence-corrected chi connectivity index (χ3v) is 18.2. The molecule has 0 aliphatic heterocycles. The van der Waals surface area contributed by atoms with Crippen LogP contribution in [0.1, 0.15) is 350 Å². The molecule has 0 aromatic rings. The predicted octanol–water partition coefficient (Wildman–Crippen LogP) is 19.6. The van der Waals surface area contributed by atoms with Crippen LogP contribution < -0.4 is 0 Å². The topological polar surface area (TPSA) is 237 Å². The molecule has 0 aromatic heterocycles. The van der Waals surface area contributed by atoms with Crippen LogP contribution in [0.3, 0.4) is 0 Å². The van der Waals surface area contributed by atoms with E-state index in [4.69, 9.17) is 37.0 Å². The average molecular weight is 1300 g/mol. The van der Waals surface area contributed by atoms with Crippen LogP contribution in [0.5, 0.6) is 0 Å². The highest BCUT2D eigenvalue weighted by Gasteiger charge is 2.30. The van der Waals surface area contributed by atoms with Gasteiger partial charge in [0.25, 0.3) is 0 Å². The van der Waals surface area contributed by atoms with Gasteiger partial charge in [-0.25, -0.2) is 9.13 Å². The van der Waals surface area contributed by atoms with Crippen molar-refractivity contribution >= 4 is 39.5 Å². The van der Waals surface area contributed by atoms with E-state index in [9.17, 15) is 43.2 Å². The van der Waals surface area contributed by atoms with Gasteiger partial charge in [0.05, 0.1) is 26.4 Å². The Labute approximate surface area is 537 Å². The highest BCUT2D eigenvalue weighted by Crippen LogP contribution is 2.45. The van der Waals surface area contributed by atoms with E-state index in [1.54, 1.807) is 0 Å². The van der Waals surface area contributed by atoms with E-state index in [1.807, 2.05) is 0 Å². The van der Waals surface area contributed by atoms with Crippen molar-refractivity contribution in [3.05, 3.63) is 0 Å². The summed E-state index contributed by atoms with van der Waals surface area (Å²) in [6.45, 7) is 9.50. The lowest BCUT2D eigenvalue weighted by atomic mass is 9.99. The van der Waals surface area contributed by atoms with Crippen molar-refractivity contribution in [2.75, 3.05) is 39.6 Å². The lowest BCUT2D eigenvalue weighted by molar-refractivity contribution is -0.161. The Morgan fingerprint density at radius 1 is 0.330 bits per heavy atom. The summed E-state index contributed by atoms with van der Waals surface area (Å²) >= 11 is 0. The van der Waals surface area contributed by atoms with Crippen LogP contribution in [0.25, 0.3) is 0 Å². The highest BCUT2D eigenvalue weighted by atomic mass is 31.2. The number of aliphatic hydroxyl groups is 1. The SMILES string of the molecule is CCCCCCCCCCCCCCCCC(=O)O[C@H](COC(=O)CCCCCCCCCCC(C)CC)COP(=O)(O)OC[C@@H](O)COP(=O)(O)OC[C@@H](COC(=O)CCCCCCCCCCCCC)OC(=O)CCCCCCCCCCC(C)C. The zero-order valence-electron chi connectivity index (χ0n) is 57.0. The molecule has 88 heavy (non-hydrogen) atoms. The van der Waals surface area contributed by atoms with Gasteiger partial charge in [-0.1, -0.05) is 298 Å². The minimum atomic E-state index is -4.95. The van der Waals surface area contributed by atoms with Gasteiger partial charge in [-0.2, -0.15) is 0 Å². The molecule has 3 unspecified atom stereocenters. The zero-order valence-corrected chi connectivity index (χ0v) is 58.8. The zero-order chi connectivity index (χ0) is 65.0. The molecule has 0 saturated carbocycles. The van der Waals surface area contributed by atoms with Gasteiger partial charge in [-0.05, 0) is 37.5 Å². The van der Waals surface area contributed by atoms with Crippen molar-refractivity contribution in [3.8, 4) is 0 Å². The number of carbonyl (C=O) groups excluding carboxylic acids is 4. The molecule has 3 N–H and O–H groups in total. The van der Waals surface area contributed by atoms with Gasteiger partial charge in [-0.15, -0.1) is 0 Å². The standard InChI is InChI=1S/C69H134O17P2/c1-7-10-12-14-16-18-20-21-22-24-26-35-41-47-53-68(73)85-64(58-80-67(72)52-46-40-34-30-28-32-38-44-50-62(6)9-3)59-83-87(75,76)81-55-63(70)56-82-88(77,78)84-60-65(86-69(74)54-48-42-36-29-27-31-37-43-49-61(4)5)57-79-66(71)51-45-39-33-25-23-19-17-15-13-11-8-2/h61-65,70H,7-60H2,1-6H3,(H,75,76)(H,77,78)/t62?,63-,64-,65-/m1/s1. The summed E-state index contributed by atoms with van der Waals surface area (Å²) in [5.41, 5.74) is 0. The number of esters is 4. The molecule has 0 radical (unpaired) electrons. The maximum atomic E-state index is 13.0. The normalized spacial score (nSPS) is 14.5. The molecule has 0 spiro atoms. The fraction of sp³-hybridized carbons (Fsp3) is 0.942. The second-order valence-corrected chi connectivity index (χ2v) is 28.5. The molecule has 0 fully saturated rings. The molecule has 0 bridgehead atoms. The smallest absolute Gasteiger partial charge is 0.462 e. The maximum absolute atomic E-state index is 13.0. The number of phosphoric ester groups is 2. The summed E-state index contributed by atoms with van der Waals surface area (Å²) in [7, 11) is -9.90. The van der Waals surface area contributed by atoms with E-state index in [1.165, 1.54) is 167 Å². The Morgan fingerprint density at radius 3 is 0.864 bits per heavy atom. The van der Waals surface area contributed by atoms with Crippen molar-refractivity contribution in [3.63, 3.8) is 0 Å². The number of aliphatic hydroxyl groups excluding tert-OH is 1. The lowest BCUT2D eigenvalue weighted by Gasteiger charge is -2.21. The molecular weight excluding hydrogens is 1160 g/mol. The van der Waals surface area contributed by atoms with E-state index in [0.29, 0.717) is 25.7 Å². The molecule has 0 aliphatic carbocycles. The van der Waals surface area contributed by atoms with E-state index in [0.717, 1.165) is 102 Å². The van der Waals surface area contributed by atoms with E-state index in [-0.39, 0.29) is 25.7 Å². The van der Waals surface area contributed by atoms with Crippen LogP contribution in [0.15, 0.2) is 0 Å². The van der Waals surface area contributed by atoms with E-state index in [2.05, 4.69) is 41.5 Å². The summed E-state index contributed by atoms with van der Waals surface area (Å²) in [6, 6.07) is 0. The van der Waals surface area contributed by atoms with Gasteiger partial charge in [0.15, 0.2) is 12.2 Å². The van der Waals surface area contributed by atoms with Crippen LogP contribution in [0, 0.1) is 11.8 Å². The van der Waals surface area contributed by atoms with Crippen LogP contribution in [-0.4, -0.2) is 96.7 Å². The van der Waals surface area contributed by atoms with Gasteiger partial charge in [0.1, 0.15) is 19.3 Å². The molecule has 522 valence electrons. The third-order valence-electron chi connectivity index (χ3n) is 16.3. The number of phosphoric acid groups is 2. The molecular formula is C69H134O17P2. The molecule has 0 aromatic carbocycles. The highest BCUT2D eigenvalue weighted by molar-refractivity contribution is 7.47. The van der Waals surface area contributed by atoms with Gasteiger partial charge < -0.3 is 33.8 Å². The van der Waals surface area contributed by atoms with Gasteiger partial charge in [0.2, 0.25) is 0 Å². The predicted molar refractivity (Wildman–Crippen MR) is 354 cm³/mol. The van der Waals surface area contributed by atoms with Crippen molar-refractivity contribution in [1.29, 1.82) is 0 Å². The summed E-state index contributed by atoms with van der Waals surface area (Å²) < 4.78 is 68.2. The Bertz CT molecular complexity index is 1720. The number of carbonyl (C=O) groups is 4. The molecule has 19 heteroatoms. The van der Waals surface area contributed by atoms with Gasteiger partial charge in [0, 0.05) is 25.7 Å². The summed E-state index contributed by atoms with van der Waals surface area (Å²) in [5, 5.41) is 10.6. The Morgan fingerprint density at radius 2 is 0.580 bits per heavy atom. The van der Waals surface area contributed by atoms with Crippen molar-refractivity contribution in [2.45, 2.75) is 368 Å². The van der Waals surface area contributed by atoms with Crippen LogP contribution in [0.4, 0.5) is 0 Å². The van der Waals surface area contributed by atoms with E-state index < -0.39 is 97.5 Å². The monoisotopic (exact) mass is 1300 g/mol. The summed E-state index contributed by atoms with van der Waals surface area (Å²) in [5.74, 6) is -0.630. The number of rotatable bonds is 68. The Hall–Kier alpha value is -1.94. The number of unbranched alkanes of at least 4 members (excludes halogenated alkanes) is 37. The second-order valence-electron chi connectivity index (χ2n) is 25.6. The maximum Gasteiger partial charge on any atom is 0.472 e. The van der Waals surface area contributed by atoms with E-state index >= 15 is 0 Å². The number of hydrogen-bond donors (Lipinski definition) is 3. The first kappa shape index (κ1) is 86.1. The lowest BCUT2D eigenvalue weighted by Crippen LogP contribution is -2.30. The molecule has 0 amide bonds. The first-order valence-corrected chi connectivity index (χ1v) is 39.0. The Kier molecular flexibility index (Phi) is 59.9. The Balaban J connectivity index is 5.26. The van der Waals surface area contributed by atoms with Crippen LogP contribution >= 0.6 is 15.6 Å². The molecule has 0 aliphatic rings. The van der Waals surface area contributed by atoms with Gasteiger partial charge >= 0.3 is 39.5 Å². The largest absolute Gasteiger partial charge is 0.472 e. The quantitative estimate of drug-likeness (QED) is 0.0222. The second kappa shape index (κ2) is 61.3. The first-order valence-electron chi connectivity index (χ1n) is 36.0. The fourth-order valence-electron chi connectivity index (χ4n) is 10.4. The van der Waals surface area contributed by atoms with Crippen molar-refractivity contribution in [1.82, 2.24) is 0 Å². The van der Waals surface area contributed by atoms with Crippen LogP contribution in [-0.2, 0) is 65.4 Å². The molecule has 6 atom stereocenters. The molecule has 0 heterocycles. The minimum Gasteiger partial charge on any atom is -0.462 e. The molecule has 17 nitrogen and oxygen atoms in total. The average Bonchev–Trinajstić information content (AvgIpc) is 3.66. The van der Waals surface area contributed by atoms with Gasteiger partial charge in [-0.3, -0.25) is 37.3 Å². The summed E-state index contributed by atoms with van der Waals surface area (Å²) in [6.07, 6.45) is 45.7. The first-order chi connectivity index (χ1) is 42.4. The number of hydrogen-bond acceptors (Lipinski definition) is 15. The number of ether oxygens (including phenoxy) is 4. The molecule has 0 rings (SSSR count). The minimum absolute atomic E-state index is 0.105. The fourth-order valence-corrected chi connectivity index (χ4v) is 12.0. The van der Waals surface area contributed by atoms with Crippen LogP contribution in [0.2, 0.25) is 0 Å². The summed E-state index contributed by atoms with van der Waals surface area (Å²) in [4.78, 5) is 72.5. The third kappa shape index (κ3) is 61.6. The molecule has 0 saturated heterocycles. The van der Waals surface area contributed by atoms with Crippen molar-refractivity contribution in [2.24, 2.45) is 11.8 Å².